The summed E-state index contributed by atoms with van der Waals surface area (Å²) in [4.78, 5) is -0.681. The van der Waals surface area contributed by atoms with Gasteiger partial charge in [0.1, 0.15) is 5.00 Å². The molecule has 0 aromatic heterocycles. The molecular weight excluding hydrogens is 101 g/mol. The number of rotatable bonds is 1. The van der Waals surface area contributed by atoms with Crippen molar-refractivity contribution >= 4 is 11.6 Å². The summed E-state index contributed by atoms with van der Waals surface area (Å²) in [7, 11) is 0. The molecule has 38 valence electrons. The molecule has 2 N–H and O–H groups in total. The number of hydroxylamine groups is 1. The predicted octanol–water partition coefficient (Wildman–Crippen LogP) is 0.940. The summed E-state index contributed by atoms with van der Waals surface area (Å²) < 4.78 is 0. The van der Waals surface area contributed by atoms with Crippen molar-refractivity contribution in [3.05, 3.63) is 0 Å². The van der Waals surface area contributed by atoms with Crippen molar-refractivity contribution < 1.29 is 5.21 Å². The maximum absolute atomic E-state index is 8.02. The fourth-order valence-corrected chi connectivity index (χ4v) is 0. The van der Waals surface area contributed by atoms with Gasteiger partial charge < -0.3 is 5.21 Å². The molecule has 0 heterocycles. The summed E-state index contributed by atoms with van der Waals surface area (Å²) in [5.74, 6) is 0. The monoisotopic (exact) mass is 109 g/mol. The molecule has 2 nitrogen and oxygen atoms in total. The fourth-order valence-electron chi connectivity index (χ4n) is 0. The number of nitrogens with one attached hydrogen (secondary N) is 1. The topological polar surface area (TPSA) is 32.3 Å². The van der Waals surface area contributed by atoms with Crippen LogP contribution in [0.1, 0.15) is 13.8 Å². The predicted molar refractivity (Wildman–Crippen MR) is 24.9 cm³/mol. The highest BCUT2D eigenvalue weighted by molar-refractivity contribution is 6.22. The molecule has 0 aliphatic rings. The summed E-state index contributed by atoms with van der Waals surface area (Å²) in [6.07, 6.45) is 0. The molecule has 0 fully saturated rings. The molecule has 0 aromatic rings. The van der Waals surface area contributed by atoms with E-state index < -0.39 is 5.00 Å². The maximum Gasteiger partial charge on any atom is 0.111 e. The number of halogens is 1. The van der Waals surface area contributed by atoms with Crippen molar-refractivity contribution in [1.82, 2.24) is 5.48 Å². The van der Waals surface area contributed by atoms with Crippen LogP contribution in [0.25, 0.3) is 0 Å². The molecule has 0 saturated heterocycles. The smallest absolute Gasteiger partial charge is 0.111 e. The first kappa shape index (κ1) is 6.21. The Balaban J connectivity index is 3.17. The van der Waals surface area contributed by atoms with Gasteiger partial charge in [-0.1, -0.05) is 0 Å². The van der Waals surface area contributed by atoms with Crippen LogP contribution in [-0.2, 0) is 0 Å². The molecule has 0 aliphatic carbocycles. The van der Waals surface area contributed by atoms with E-state index in [1.165, 1.54) is 0 Å². The number of alkyl halides is 1. The Bertz CT molecular complexity index is 40.5. The van der Waals surface area contributed by atoms with E-state index in [0.29, 0.717) is 0 Å². The number of hydrogen-bond donors (Lipinski definition) is 2. The van der Waals surface area contributed by atoms with E-state index in [0.717, 1.165) is 0 Å². The molecule has 0 aromatic carbocycles. The molecule has 0 atom stereocenters. The van der Waals surface area contributed by atoms with Gasteiger partial charge in [0.2, 0.25) is 0 Å². The van der Waals surface area contributed by atoms with Crippen LogP contribution in [0.5, 0.6) is 0 Å². The van der Waals surface area contributed by atoms with E-state index >= 15 is 0 Å². The lowest BCUT2D eigenvalue weighted by Gasteiger charge is -2.10. The Morgan fingerprint density at radius 3 is 1.83 bits per heavy atom. The van der Waals surface area contributed by atoms with Crippen LogP contribution in [0.4, 0.5) is 0 Å². The zero-order chi connectivity index (χ0) is 5.21. The SMILES string of the molecule is CC(C)(Cl)NO. The summed E-state index contributed by atoms with van der Waals surface area (Å²) in [5.41, 5.74) is 1.87. The third-order valence-corrected chi connectivity index (χ3v) is 0.350. The third-order valence-electron chi connectivity index (χ3n) is 0.266. The van der Waals surface area contributed by atoms with Crippen molar-refractivity contribution in [1.29, 1.82) is 0 Å². The van der Waals surface area contributed by atoms with E-state index in [4.69, 9.17) is 16.8 Å². The van der Waals surface area contributed by atoms with Gasteiger partial charge in [0.05, 0.1) is 0 Å². The summed E-state index contributed by atoms with van der Waals surface area (Å²) in [5, 5.41) is 8.02. The first-order valence-corrected chi connectivity index (χ1v) is 2.04. The van der Waals surface area contributed by atoms with E-state index in [1.54, 1.807) is 13.8 Å². The second-order valence-corrected chi connectivity index (χ2v) is 2.53. The largest absolute Gasteiger partial charge is 0.315 e. The standard InChI is InChI=1S/C3H8ClNO/c1-3(2,4)5-6/h5-6H,1-2H3. The Morgan fingerprint density at radius 1 is 1.67 bits per heavy atom. The van der Waals surface area contributed by atoms with Gasteiger partial charge in [0, 0.05) is 0 Å². The molecule has 0 aliphatic heterocycles. The van der Waals surface area contributed by atoms with Crippen molar-refractivity contribution in [3.63, 3.8) is 0 Å². The quantitative estimate of drug-likeness (QED) is 0.298. The van der Waals surface area contributed by atoms with Crippen molar-refractivity contribution in [2.24, 2.45) is 0 Å². The van der Waals surface area contributed by atoms with E-state index in [1.807, 2.05) is 5.48 Å². The van der Waals surface area contributed by atoms with Gasteiger partial charge in [-0.2, -0.15) is 5.48 Å². The minimum absolute atomic E-state index is 0.681. The van der Waals surface area contributed by atoms with E-state index in [-0.39, 0.29) is 0 Å². The molecule has 0 rings (SSSR count). The molecule has 3 heteroatoms. The van der Waals surface area contributed by atoms with Crippen molar-refractivity contribution in [2.45, 2.75) is 18.8 Å². The van der Waals surface area contributed by atoms with Gasteiger partial charge in [0.15, 0.2) is 0 Å². The van der Waals surface area contributed by atoms with Crippen molar-refractivity contribution in [3.8, 4) is 0 Å². The summed E-state index contributed by atoms with van der Waals surface area (Å²) in [6.45, 7) is 3.29. The Labute approximate surface area is 42.1 Å². The van der Waals surface area contributed by atoms with E-state index in [9.17, 15) is 0 Å². The number of hydrogen-bond acceptors (Lipinski definition) is 2. The van der Waals surface area contributed by atoms with Gasteiger partial charge in [-0.05, 0) is 13.8 Å². The maximum atomic E-state index is 8.02. The van der Waals surface area contributed by atoms with Crippen LogP contribution in [0, 0.1) is 0 Å². The minimum Gasteiger partial charge on any atom is -0.315 e. The average Bonchev–Trinajstić information content (AvgIpc) is 1.35. The molecule has 0 amide bonds. The van der Waals surface area contributed by atoms with Crippen LogP contribution in [0.2, 0.25) is 0 Å². The second-order valence-electron chi connectivity index (χ2n) is 1.58. The highest BCUT2D eigenvalue weighted by atomic mass is 35.5. The highest BCUT2D eigenvalue weighted by Crippen LogP contribution is 2.03. The molecule has 0 unspecified atom stereocenters. The minimum atomic E-state index is -0.681. The van der Waals surface area contributed by atoms with Gasteiger partial charge in [0.25, 0.3) is 0 Å². The van der Waals surface area contributed by atoms with Gasteiger partial charge in [-0.15, -0.1) is 11.6 Å². The van der Waals surface area contributed by atoms with Crippen LogP contribution < -0.4 is 5.48 Å². The van der Waals surface area contributed by atoms with Crippen molar-refractivity contribution in [2.75, 3.05) is 0 Å². The van der Waals surface area contributed by atoms with Crippen LogP contribution in [0.3, 0.4) is 0 Å². The summed E-state index contributed by atoms with van der Waals surface area (Å²) >= 11 is 5.36. The molecule has 0 radical (unpaired) electrons. The lowest BCUT2D eigenvalue weighted by Crippen LogP contribution is -2.29. The van der Waals surface area contributed by atoms with E-state index in [2.05, 4.69) is 0 Å². The van der Waals surface area contributed by atoms with Gasteiger partial charge in [-0.25, -0.2) is 0 Å². The summed E-state index contributed by atoms with van der Waals surface area (Å²) in [6, 6.07) is 0. The van der Waals surface area contributed by atoms with Crippen LogP contribution in [0.15, 0.2) is 0 Å². The first-order chi connectivity index (χ1) is 2.56. The Kier molecular flexibility index (Phi) is 1.84. The van der Waals surface area contributed by atoms with Crippen LogP contribution >= 0.6 is 11.6 Å². The Morgan fingerprint density at radius 2 is 1.83 bits per heavy atom. The van der Waals surface area contributed by atoms with Gasteiger partial charge in [-0.3, -0.25) is 0 Å². The molecule has 0 bridgehead atoms. The molecule has 0 spiro atoms. The zero-order valence-electron chi connectivity index (χ0n) is 3.83. The zero-order valence-corrected chi connectivity index (χ0v) is 4.58. The average molecular weight is 110 g/mol. The molecule has 6 heavy (non-hydrogen) atoms. The van der Waals surface area contributed by atoms with Crippen LogP contribution in [-0.4, -0.2) is 10.2 Å². The third kappa shape index (κ3) is 4.21. The molecular formula is C3H8ClNO. The fraction of sp³-hybridized carbons (Fsp3) is 1.00. The second kappa shape index (κ2) is 1.78. The Hall–Kier alpha value is 0.210. The molecule has 0 saturated carbocycles. The lowest BCUT2D eigenvalue weighted by molar-refractivity contribution is 0.122. The lowest BCUT2D eigenvalue weighted by atomic mass is 10.4. The van der Waals surface area contributed by atoms with Gasteiger partial charge >= 0.3 is 0 Å². The normalized spacial score (nSPS) is 12.0. The first-order valence-electron chi connectivity index (χ1n) is 1.66. The highest BCUT2D eigenvalue weighted by Gasteiger charge is 2.07.